The third-order valence-electron chi connectivity index (χ3n) is 2.97. The summed E-state index contributed by atoms with van der Waals surface area (Å²) in [5, 5.41) is 9.07. The lowest BCUT2D eigenvalue weighted by Gasteiger charge is -2.17. The van der Waals surface area contributed by atoms with E-state index in [0.29, 0.717) is 5.56 Å². The maximum atomic E-state index is 12.2. The van der Waals surface area contributed by atoms with Crippen LogP contribution in [-0.2, 0) is 0 Å². The molecular weight excluding hydrogens is 277 g/mol. The zero-order valence-electron chi connectivity index (χ0n) is 10.7. The number of hydrogen-bond donors (Lipinski definition) is 1. The molecule has 1 N–H and O–H groups in total. The average Bonchev–Trinajstić information content (AvgIpc) is 3.17. The lowest BCUT2D eigenvalue weighted by Crippen LogP contribution is -2.20. The number of aromatic carboxylic acids is 1. The molecule has 0 unspecified atom stereocenters. The molecule has 0 aromatic heterocycles. The minimum Gasteiger partial charge on any atom is -0.495 e. The second kappa shape index (κ2) is 5.22. The number of ether oxygens (including phenoxy) is 2. The summed E-state index contributed by atoms with van der Waals surface area (Å²) in [5.74, 6) is -1.08. The zero-order valence-corrected chi connectivity index (χ0v) is 10.7. The minimum absolute atomic E-state index is 0.00696. The van der Waals surface area contributed by atoms with Crippen molar-refractivity contribution < 1.29 is 32.5 Å². The molecule has 1 saturated carbocycles. The molecule has 0 bridgehead atoms. The highest BCUT2D eigenvalue weighted by atomic mass is 19.4. The van der Waals surface area contributed by atoms with Crippen molar-refractivity contribution >= 4 is 5.97 Å². The van der Waals surface area contributed by atoms with E-state index >= 15 is 0 Å². The van der Waals surface area contributed by atoms with Crippen molar-refractivity contribution in [3.63, 3.8) is 0 Å². The van der Waals surface area contributed by atoms with Crippen LogP contribution in [0, 0.1) is 0 Å². The van der Waals surface area contributed by atoms with Crippen LogP contribution in [-0.4, -0.2) is 31.0 Å². The first-order valence-electron chi connectivity index (χ1n) is 5.97. The van der Waals surface area contributed by atoms with Crippen molar-refractivity contribution in [1.82, 2.24) is 0 Å². The molecule has 0 saturated heterocycles. The largest absolute Gasteiger partial charge is 0.495 e. The summed E-state index contributed by atoms with van der Waals surface area (Å²) in [6.45, 7) is -1.41. The molecule has 2 rings (SSSR count). The smallest absolute Gasteiger partial charge is 0.422 e. The van der Waals surface area contributed by atoms with Crippen molar-refractivity contribution in [2.24, 2.45) is 0 Å². The molecule has 1 aromatic carbocycles. The van der Waals surface area contributed by atoms with Gasteiger partial charge in [-0.15, -0.1) is 0 Å². The van der Waals surface area contributed by atoms with Crippen molar-refractivity contribution in [3.05, 3.63) is 23.3 Å². The molecule has 0 spiro atoms. The van der Waals surface area contributed by atoms with Gasteiger partial charge in [-0.2, -0.15) is 13.2 Å². The maximum absolute atomic E-state index is 12.2. The second-order valence-electron chi connectivity index (χ2n) is 4.54. The third-order valence-corrected chi connectivity index (χ3v) is 2.97. The first-order chi connectivity index (χ1) is 9.33. The van der Waals surface area contributed by atoms with E-state index in [2.05, 4.69) is 0 Å². The van der Waals surface area contributed by atoms with Crippen LogP contribution in [0.5, 0.6) is 11.5 Å². The van der Waals surface area contributed by atoms with E-state index in [1.54, 1.807) is 0 Å². The summed E-state index contributed by atoms with van der Waals surface area (Å²) in [5.41, 5.74) is 0.338. The Kier molecular flexibility index (Phi) is 3.78. The lowest BCUT2D eigenvalue weighted by atomic mass is 10.0. The third kappa shape index (κ3) is 3.15. The quantitative estimate of drug-likeness (QED) is 0.904. The summed E-state index contributed by atoms with van der Waals surface area (Å²) in [7, 11) is 1.29. The van der Waals surface area contributed by atoms with Crippen LogP contribution in [0.4, 0.5) is 13.2 Å². The molecule has 4 nitrogen and oxygen atoms in total. The van der Waals surface area contributed by atoms with Crippen LogP contribution in [0.1, 0.15) is 34.7 Å². The summed E-state index contributed by atoms with van der Waals surface area (Å²) < 4.78 is 46.5. The van der Waals surface area contributed by atoms with Gasteiger partial charge >= 0.3 is 12.1 Å². The molecule has 0 amide bonds. The highest BCUT2D eigenvalue weighted by molar-refractivity contribution is 5.92. The van der Waals surface area contributed by atoms with Gasteiger partial charge in [-0.1, -0.05) is 0 Å². The maximum Gasteiger partial charge on any atom is 0.422 e. The molecule has 1 fully saturated rings. The van der Waals surface area contributed by atoms with E-state index < -0.39 is 18.8 Å². The van der Waals surface area contributed by atoms with Gasteiger partial charge in [-0.25, -0.2) is 4.79 Å². The second-order valence-corrected chi connectivity index (χ2v) is 4.54. The van der Waals surface area contributed by atoms with Crippen LogP contribution in [0.15, 0.2) is 12.1 Å². The molecule has 110 valence electrons. The highest BCUT2D eigenvalue weighted by Crippen LogP contribution is 2.50. The number of methoxy groups -OCH3 is 1. The van der Waals surface area contributed by atoms with E-state index in [4.69, 9.17) is 14.6 Å². The van der Waals surface area contributed by atoms with E-state index in [-0.39, 0.29) is 23.0 Å². The van der Waals surface area contributed by atoms with Crippen LogP contribution in [0.3, 0.4) is 0 Å². The Morgan fingerprint density at radius 3 is 2.50 bits per heavy atom. The van der Waals surface area contributed by atoms with Crippen LogP contribution in [0.25, 0.3) is 0 Å². The Labute approximate surface area is 113 Å². The lowest BCUT2D eigenvalue weighted by molar-refractivity contribution is -0.153. The van der Waals surface area contributed by atoms with Gasteiger partial charge < -0.3 is 14.6 Å². The molecule has 0 aliphatic heterocycles. The first kappa shape index (κ1) is 14.5. The first-order valence-corrected chi connectivity index (χ1v) is 5.97. The molecule has 0 radical (unpaired) electrons. The SMILES string of the molecule is COc1c(C(=O)O)ccc(OCC(F)(F)F)c1C1CC1. The fourth-order valence-corrected chi connectivity index (χ4v) is 2.01. The van der Waals surface area contributed by atoms with E-state index in [1.807, 2.05) is 0 Å². The molecule has 20 heavy (non-hydrogen) atoms. The molecule has 0 heterocycles. The normalized spacial score (nSPS) is 15.0. The van der Waals surface area contributed by atoms with Gasteiger partial charge in [0.15, 0.2) is 6.61 Å². The van der Waals surface area contributed by atoms with Gasteiger partial charge in [0.05, 0.1) is 7.11 Å². The topological polar surface area (TPSA) is 55.8 Å². The van der Waals surface area contributed by atoms with Crippen molar-refractivity contribution in [2.75, 3.05) is 13.7 Å². The predicted octanol–water partition coefficient (Wildman–Crippen LogP) is 3.21. The zero-order chi connectivity index (χ0) is 14.9. The van der Waals surface area contributed by atoms with Gasteiger partial charge in [0.1, 0.15) is 17.1 Å². The summed E-state index contributed by atoms with van der Waals surface area (Å²) in [6.07, 6.45) is -2.89. The predicted molar refractivity (Wildman–Crippen MR) is 63.5 cm³/mol. The number of benzene rings is 1. The fraction of sp³-hybridized carbons (Fsp3) is 0.462. The Hall–Kier alpha value is -1.92. The van der Waals surface area contributed by atoms with E-state index in [0.717, 1.165) is 12.8 Å². The van der Waals surface area contributed by atoms with Gasteiger partial charge in [-0.05, 0) is 30.9 Å². The van der Waals surface area contributed by atoms with E-state index in [1.165, 1.54) is 19.2 Å². The minimum atomic E-state index is -4.44. The number of carboxylic acids is 1. The van der Waals surface area contributed by atoms with Gasteiger partial charge in [0.2, 0.25) is 0 Å². The van der Waals surface area contributed by atoms with Gasteiger partial charge in [0.25, 0.3) is 0 Å². The van der Waals surface area contributed by atoms with Crippen LogP contribution < -0.4 is 9.47 Å². The van der Waals surface area contributed by atoms with Crippen molar-refractivity contribution in [2.45, 2.75) is 24.9 Å². The van der Waals surface area contributed by atoms with Crippen molar-refractivity contribution in [1.29, 1.82) is 0 Å². The molecular formula is C13H13F3O4. The Morgan fingerprint density at radius 1 is 1.40 bits per heavy atom. The van der Waals surface area contributed by atoms with Gasteiger partial charge in [0, 0.05) is 5.56 Å². The number of hydrogen-bond acceptors (Lipinski definition) is 3. The van der Waals surface area contributed by atoms with Gasteiger partial charge in [-0.3, -0.25) is 0 Å². The molecule has 7 heteroatoms. The number of carbonyl (C=O) groups is 1. The molecule has 1 aliphatic rings. The highest BCUT2D eigenvalue weighted by Gasteiger charge is 2.35. The monoisotopic (exact) mass is 290 g/mol. The molecule has 0 atom stereocenters. The van der Waals surface area contributed by atoms with Crippen molar-refractivity contribution in [3.8, 4) is 11.5 Å². The van der Waals surface area contributed by atoms with Crippen LogP contribution in [0.2, 0.25) is 0 Å². The standard InChI is InChI=1S/C13H13F3O4/c1-19-11-8(12(17)18)4-5-9(10(11)7-2-3-7)20-6-13(14,15)16/h4-5,7H,2-3,6H2,1H3,(H,17,18). The molecule has 1 aliphatic carbocycles. The summed E-state index contributed by atoms with van der Waals surface area (Å²) >= 11 is 0. The number of carboxylic acid groups (broad SMARTS) is 1. The summed E-state index contributed by atoms with van der Waals surface area (Å²) in [6, 6.07) is 2.45. The average molecular weight is 290 g/mol. The Balaban J connectivity index is 2.39. The van der Waals surface area contributed by atoms with E-state index in [9.17, 15) is 18.0 Å². The Bertz CT molecular complexity index is 521. The van der Waals surface area contributed by atoms with Crippen LogP contribution >= 0.6 is 0 Å². The number of halogens is 3. The number of alkyl halides is 3. The molecule has 1 aromatic rings. The Morgan fingerprint density at radius 2 is 2.05 bits per heavy atom. The summed E-state index contributed by atoms with van der Waals surface area (Å²) in [4.78, 5) is 11.1. The number of rotatable bonds is 5. The fourth-order valence-electron chi connectivity index (χ4n) is 2.01.